The zero-order valence-corrected chi connectivity index (χ0v) is 17.7. The summed E-state index contributed by atoms with van der Waals surface area (Å²) in [5.41, 5.74) is 8.92. The van der Waals surface area contributed by atoms with E-state index in [-0.39, 0.29) is 23.8 Å². The summed E-state index contributed by atoms with van der Waals surface area (Å²) < 4.78 is 19.4. The van der Waals surface area contributed by atoms with E-state index in [0.717, 1.165) is 0 Å². The molecular formula is C23H25FN4O4. The Morgan fingerprint density at radius 3 is 2.66 bits per heavy atom. The number of halogens is 1. The van der Waals surface area contributed by atoms with Gasteiger partial charge in [-0.05, 0) is 48.9 Å². The first-order valence-electron chi connectivity index (χ1n) is 9.87. The molecule has 0 fully saturated rings. The molecule has 168 valence electrons. The third-order valence-electron chi connectivity index (χ3n) is 4.74. The number of benzene rings is 2. The fourth-order valence-corrected chi connectivity index (χ4v) is 3.02. The number of aromatic hydroxyl groups is 1. The summed E-state index contributed by atoms with van der Waals surface area (Å²) in [4.78, 5) is 15.8. The average molecular weight is 440 g/mol. The molecule has 0 saturated carbocycles. The van der Waals surface area contributed by atoms with Gasteiger partial charge in [0.2, 0.25) is 5.91 Å². The fraction of sp³-hybridized carbons (Fsp3) is 0.217. The van der Waals surface area contributed by atoms with Gasteiger partial charge in [0.05, 0.1) is 18.0 Å². The molecule has 32 heavy (non-hydrogen) atoms. The number of nitrogen functional groups attached to an aromatic ring is 1. The quantitative estimate of drug-likeness (QED) is 0.340. The van der Waals surface area contributed by atoms with Gasteiger partial charge < -0.3 is 31.3 Å². The topological polar surface area (TPSA) is 130 Å². The van der Waals surface area contributed by atoms with Crippen LogP contribution in [0.2, 0.25) is 0 Å². The second-order valence-electron chi connectivity index (χ2n) is 7.24. The summed E-state index contributed by atoms with van der Waals surface area (Å²) in [5, 5.41) is 25.1. The number of aliphatic hydroxyl groups excluding tert-OH is 1. The fourth-order valence-electron chi connectivity index (χ4n) is 3.02. The lowest BCUT2D eigenvalue weighted by Gasteiger charge is -2.13. The van der Waals surface area contributed by atoms with Gasteiger partial charge in [0.25, 0.3) is 0 Å². The Hall–Kier alpha value is -3.69. The van der Waals surface area contributed by atoms with Gasteiger partial charge in [-0.2, -0.15) is 0 Å². The van der Waals surface area contributed by atoms with Crippen molar-refractivity contribution in [3.63, 3.8) is 0 Å². The molecule has 9 heteroatoms. The Balaban J connectivity index is 1.81. The Kier molecular flexibility index (Phi) is 7.24. The lowest BCUT2D eigenvalue weighted by molar-refractivity contribution is -0.128. The molecule has 0 radical (unpaired) electrons. The molecule has 6 N–H and O–H groups in total. The van der Waals surface area contributed by atoms with Crippen LogP contribution in [0, 0.1) is 5.82 Å². The van der Waals surface area contributed by atoms with Gasteiger partial charge in [-0.1, -0.05) is 12.1 Å². The Morgan fingerprint density at radius 2 is 2.00 bits per heavy atom. The van der Waals surface area contributed by atoms with Gasteiger partial charge in [0, 0.05) is 30.5 Å². The number of nitrogens with zero attached hydrogens (tertiary/aromatic N) is 1. The molecule has 0 saturated heterocycles. The smallest absolute Gasteiger partial charge is 0.248 e. The lowest BCUT2D eigenvalue weighted by Crippen LogP contribution is -2.32. The molecule has 1 atom stereocenters. The highest BCUT2D eigenvalue weighted by Crippen LogP contribution is 2.33. The highest BCUT2D eigenvalue weighted by Gasteiger charge is 2.13. The highest BCUT2D eigenvalue weighted by atomic mass is 19.1. The van der Waals surface area contributed by atoms with E-state index < -0.39 is 17.8 Å². The standard InChI is InChI=1S/C23H25FN4O4/c1-13(29)23(31)26-11-15-4-7-19(28-22(15)25)17-10-16(5-8-21(17)30)27-20-6-3-14(12-32-2)9-18(20)24/h3-10,13,27,29-30H,11-12H2,1-2H3,(H2,25,28)(H,26,31)/t13-/m0/s1. The van der Waals surface area contributed by atoms with E-state index in [0.29, 0.717) is 34.7 Å². The van der Waals surface area contributed by atoms with E-state index in [1.807, 2.05) is 0 Å². The van der Waals surface area contributed by atoms with E-state index in [9.17, 15) is 19.4 Å². The Morgan fingerprint density at radius 1 is 1.22 bits per heavy atom. The number of phenols is 1. The van der Waals surface area contributed by atoms with E-state index >= 15 is 0 Å². The minimum absolute atomic E-state index is 0.0199. The number of methoxy groups -OCH3 is 1. The SMILES string of the molecule is COCc1ccc(Nc2ccc(O)c(-c3ccc(CNC(=O)[C@H](C)O)c(N)n3)c2)c(F)c1. The normalized spacial score (nSPS) is 11.8. The highest BCUT2D eigenvalue weighted by molar-refractivity contribution is 5.80. The van der Waals surface area contributed by atoms with Crippen molar-refractivity contribution in [1.82, 2.24) is 10.3 Å². The largest absolute Gasteiger partial charge is 0.507 e. The van der Waals surface area contributed by atoms with Gasteiger partial charge in [0.1, 0.15) is 23.5 Å². The number of rotatable bonds is 8. The molecule has 1 amide bonds. The molecule has 2 aromatic carbocycles. The minimum Gasteiger partial charge on any atom is -0.507 e. The van der Waals surface area contributed by atoms with Gasteiger partial charge in [0.15, 0.2) is 0 Å². The first-order valence-corrected chi connectivity index (χ1v) is 9.87. The zero-order chi connectivity index (χ0) is 23.3. The number of anilines is 3. The van der Waals surface area contributed by atoms with E-state index in [4.69, 9.17) is 10.5 Å². The van der Waals surface area contributed by atoms with Crippen LogP contribution in [0.15, 0.2) is 48.5 Å². The van der Waals surface area contributed by atoms with Crippen molar-refractivity contribution in [2.75, 3.05) is 18.2 Å². The monoisotopic (exact) mass is 440 g/mol. The molecule has 0 aliphatic carbocycles. The Bertz CT molecular complexity index is 1120. The van der Waals surface area contributed by atoms with Crippen molar-refractivity contribution in [2.45, 2.75) is 26.2 Å². The van der Waals surface area contributed by atoms with Crippen LogP contribution >= 0.6 is 0 Å². The maximum atomic E-state index is 14.4. The molecule has 8 nitrogen and oxygen atoms in total. The van der Waals surface area contributed by atoms with E-state index in [1.165, 1.54) is 19.1 Å². The second-order valence-corrected chi connectivity index (χ2v) is 7.24. The molecule has 3 aromatic rings. The van der Waals surface area contributed by atoms with Crippen molar-refractivity contribution in [1.29, 1.82) is 0 Å². The molecule has 0 aliphatic rings. The van der Waals surface area contributed by atoms with E-state index in [1.54, 1.807) is 43.5 Å². The number of aliphatic hydroxyl groups is 1. The second kappa shape index (κ2) is 10.1. The van der Waals surface area contributed by atoms with Crippen molar-refractivity contribution < 1.29 is 24.1 Å². The molecular weight excluding hydrogens is 415 g/mol. The van der Waals surface area contributed by atoms with Crippen LogP contribution in [0.25, 0.3) is 11.3 Å². The Labute approximate surface area is 184 Å². The average Bonchev–Trinajstić information content (AvgIpc) is 2.76. The number of pyridine rings is 1. The predicted molar refractivity (Wildman–Crippen MR) is 120 cm³/mol. The van der Waals surface area contributed by atoms with Crippen molar-refractivity contribution in [2.24, 2.45) is 0 Å². The lowest BCUT2D eigenvalue weighted by atomic mass is 10.1. The van der Waals surface area contributed by atoms with Crippen LogP contribution in [-0.4, -0.2) is 34.3 Å². The van der Waals surface area contributed by atoms with Crippen LogP contribution < -0.4 is 16.4 Å². The first-order chi connectivity index (χ1) is 15.3. The van der Waals surface area contributed by atoms with Crippen LogP contribution in [0.4, 0.5) is 21.6 Å². The first kappa shape index (κ1) is 23.0. The van der Waals surface area contributed by atoms with Crippen LogP contribution in [0.1, 0.15) is 18.1 Å². The number of nitrogens with two attached hydrogens (primary N) is 1. The minimum atomic E-state index is -1.13. The van der Waals surface area contributed by atoms with Crippen molar-refractivity contribution in [3.8, 4) is 17.0 Å². The molecule has 1 aromatic heterocycles. The van der Waals surface area contributed by atoms with Crippen LogP contribution in [-0.2, 0) is 22.7 Å². The number of hydrogen-bond donors (Lipinski definition) is 5. The van der Waals surface area contributed by atoms with Gasteiger partial charge in [-0.3, -0.25) is 4.79 Å². The van der Waals surface area contributed by atoms with Crippen molar-refractivity contribution in [3.05, 3.63) is 65.5 Å². The third-order valence-corrected chi connectivity index (χ3v) is 4.74. The molecule has 0 spiro atoms. The van der Waals surface area contributed by atoms with Gasteiger partial charge in [-0.25, -0.2) is 9.37 Å². The third kappa shape index (κ3) is 5.51. The number of nitrogens with one attached hydrogen (secondary N) is 2. The predicted octanol–water partition coefficient (Wildman–Crippen LogP) is 3.06. The number of aromatic nitrogens is 1. The molecule has 1 heterocycles. The molecule has 0 aliphatic heterocycles. The van der Waals surface area contributed by atoms with E-state index in [2.05, 4.69) is 15.6 Å². The summed E-state index contributed by atoms with van der Waals surface area (Å²) in [6, 6.07) is 12.8. The molecule has 0 bridgehead atoms. The number of phenolic OH excluding ortho intramolecular Hbond substituents is 1. The maximum Gasteiger partial charge on any atom is 0.248 e. The zero-order valence-electron chi connectivity index (χ0n) is 17.7. The number of ether oxygens (including phenoxy) is 1. The van der Waals surface area contributed by atoms with Crippen molar-refractivity contribution >= 4 is 23.1 Å². The van der Waals surface area contributed by atoms with Crippen LogP contribution in [0.3, 0.4) is 0 Å². The summed E-state index contributed by atoms with van der Waals surface area (Å²) in [7, 11) is 1.54. The number of carbonyl (C=O) groups is 1. The number of hydrogen-bond acceptors (Lipinski definition) is 7. The van der Waals surface area contributed by atoms with Gasteiger partial charge >= 0.3 is 0 Å². The maximum absolute atomic E-state index is 14.4. The molecule has 0 unspecified atom stereocenters. The summed E-state index contributed by atoms with van der Waals surface area (Å²) in [5.74, 6) is -0.799. The summed E-state index contributed by atoms with van der Waals surface area (Å²) in [6.07, 6.45) is -1.13. The number of amides is 1. The molecule has 3 rings (SSSR count). The number of carbonyl (C=O) groups excluding carboxylic acids is 1. The van der Waals surface area contributed by atoms with Crippen LogP contribution in [0.5, 0.6) is 5.75 Å². The summed E-state index contributed by atoms with van der Waals surface area (Å²) >= 11 is 0. The van der Waals surface area contributed by atoms with Gasteiger partial charge in [-0.15, -0.1) is 0 Å². The summed E-state index contributed by atoms with van der Waals surface area (Å²) in [6.45, 7) is 1.78.